The summed E-state index contributed by atoms with van der Waals surface area (Å²) in [6.45, 7) is 5.79. The minimum absolute atomic E-state index is 0.129. The molecular weight excluding hydrogens is 230 g/mol. The van der Waals surface area contributed by atoms with Crippen molar-refractivity contribution in [1.82, 2.24) is 5.32 Å². The van der Waals surface area contributed by atoms with Gasteiger partial charge in [-0.15, -0.1) is 11.6 Å². The van der Waals surface area contributed by atoms with E-state index in [1.54, 1.807) is 6.92 Å². The fraction of sp³-hybridized carbons (Fsp3) is 0.636. The smallest absolute Gasteiger partial charge is 0.332 e. The van der Waals surface area contributed by atoms with Crippen molar-refractivity contribution >= 4 is 23.5 Å². The fourth-order valence-electron chi connectivity index (χ4n) is 1.82. The van der Waals surface area contributed by atoms with E-state index in [2.05, 4.69) is 11.9 Å². The first-order valence-corrected chi connectivity index (χ1v) is 5.78. The summed E-state index contributed by atoms with van der Waals surface area (Å²) in [6.07, 6.45) is 1.13. The lowest BCUT2D eigenvalue weighted by molar-refractivity contribution is -0.151. The average molecular weight is 246 g/mol. The Morgan fingerprint density at radius 3 is 2.81 bits per heavy atom. The number of carbonyl (C=O) groups is 2. The summed E-state index contributed by atoms with van der Waals surface area (Å²) in [6, 6.07) is 0. The molecule has 90 valence electrons. The zero-order valence-corrected chi connectivity index (χ0v) is 10.1. The first-order valence-electron chi connectivity index (χ1n) is 5.25. The molecule has 0 aromatic rings. The molecule has 1 heterocycles. The molecule has 1 amide bonds. The quantitative estimate of drug-likeness (QED) is 0.452. The second-order valence-electron chi connectivity index (χ2n) is 3.91. The van der Waals surface area contributed by atoms with Crippen molar-refractivity contribution in [3.05, 3.63) is 12.2 Å². The highest BCUT2D eigenvalue weighted by Crippen LogP contribution is 2.28. The summed E-state index contributed by atoms with van der Waals surface area (Å²) in [7, 11) is 0. The summed E-state index contributed by atoms with van der Waals surface area (Å²) in [4.78, 5) is 23.1. The molecule has 1 rings (SSSR count). The highest BCUT2D eigenvalue weighted by Gasteiger charge is 2.45. The molecule has 0 saturated carbocycles. The van der Waals surface area contributed by atoms with E-state index < -0.39 is 11.5 Å². The van der Waals surface area contributed by atoms with Crippen molar-refractivity contribution in [2.75, 3.05) is 12.5 Å². The van der Waals surface area contributed by atoms with Crippen LogP contribution in [0.4, 0.5) is 0 Å². The second-order valence-corrected chi connectivity index (χ2v) is 4.18. The predicted molar refractivity (Wildman–Crippen MR) is 61.2 cm³/mol. The molecule has 1 aliphatic rings. The first-order chi connectivity index (χ1) is 7.54. The molecule has 1 N–H and O–H groups in total. The largest absolute Gasteiger partial charge is 0.464 e. The van der Waals surface area contributed by atoms with Gasteiger partial charge in [0.1, 0.15) is 5.54 Å². The van der Waals surface area contributed by atoms with Crippen LogP contribution in [0.1, 0.15) is 26.2 Å². The summed E-state index contributed by atoms with van der Waals surface area (Å²) in [5.74, 6) is -0.251. The van der Waals surface area contributed by atoms with Crippen LogP contribution < -0.4 is 5.32 Å². The van der Waals surface area contributed by atoms with E-state index in [0.29, 0.717) is 25.9 Å². The highest BCUT2D eigenvalue weighted by atomic mass is 35.5. The first kappa shape index (κ1) is 13.0. The minimum atomic E-state index is -0.945. The normalized spacial score (nSPS) is 24.0. The van der Waals surface area contributed by atoms with Crippen molar-refractivity contribution < 1.29 is 14.3 Å². The number of nitrogens with one attached hydrogen (secondary N) is 1. The van der Waals surface area contributed by atoms with Crippen molar-refractivity contribution in [3.8, 4) is 0 Å². The number of amides is 1. The fourth-order valence-corrected chi connectivity index (χ4v) is 1.91. The van der Waals surface area contributed by atoms with Crippen LogP contribution in [0.15, 0.2) is 12.2 Å². The summed E-state index contributed by atoms with van der Waals surface area (Å²) < 4.78 is 4.99. The molecule has 1 aliphatic heterocycles. The lowest BCUT2D eigenvalue weighted by Crippen LogP contribution is -2.50. The van der Waals surface area contributed by atoms with Crippen LogP contribution in [0, 0.1) is 0 Å². The van der Waals surface area contributed by atoms with Crippen LogP contribution in [0.5, 0.6) is 0 Å². The van der Waals surface area contributed by atoms with Gasteiger partial charge < -0.3 is 10.1 Å². The van der Waals surface area contributed by atoms with Gasteiger partial charge in [-0.3, -0.25) is 4.79 Å². The van der Waals surface area contributed by atoms with E-state index in [4.69, 9.17) is 16.3 Å². The van der Waals surface area contributed by atoms with Crippen LogP contribution in [-0.4, -0.2) is 29.9 Å². The Hall–Kier alpha value is -1.03. The Bertz CT molecular complexity index is 316. The number of alkyl halides is 1. The molecule has 0 aromatic heterocycles. The standard InChI is InChI=1S/C11H16ClNO3/c1-3-16-10(15)11(6-8(2)7-12)5-4-9(14)13-11/h2-7H2,1H3,(H,13,14)/t11-/m1/s1. The van der Waals surface area contributed by atoms with Gasteiger partial charge in [-0.2, -0.15) is 0 Å². The second kappa shape index (κ2) is 5.34. The SMILES string of the molecule is C=C(CCl)C[C@@]1(C(=O)OCC)CCC(=O)N1. The lowest BCUT2D eigenvalue weighted by Gasteiger charge is -2.27. The minimum Gasteiger partial charge on any atom is -0.464 e. The maximum atomic E-state index is 11.8. The van der Waals surface area contributed by atoms with Crippen LogP contribution in [0.2, 0.25) is 0 Å². The Kier molecular flexibility index (Phi) is 4.35. The molecule has 1 fully saturated rings. The number of hydrogen-bond acceptors (Lipinski definition) is 3. The van der Waals surface area contributed by atoms with Crippen molar-refractivity contribution in [1.29, 1.82) is 0 Å². The van der Waals surface area contributed by atoms with Crippen LogP contribution in [-0.2, 0) is 14.3 Å². The molecule has 0 radical (unpaired) electrons. The Morgan fingerprint density at radius 1 is 1.69 bits per heavy atom. The van der Waals surface area contributed by atoms with Gasteiger partial charge in [0.15, 0.2) is 0 Å². The number of rotatable bonds is 5. The maximum Gasteiger partial charge on any atom is 0.332 e. The molecule has 0 spiro atoms. The number of hydrogen-bond donors (Lipinski definition) is 1. The third kappa shape index (κ3) is 2.76. The van der Waals surface area contributed by atoms with Gasteiger partial charge in [-0.25, -0.2) is 4.79 Å². The van der Waals surface area contributed by atoms with Gasteiger partial charge in [-0.05, 0) is 13.3 Å². The van der Waals surface area contributed by atoms with Gasteiger partial charge in [0, 0.05) is 18.7 Å². The van der Waals surface area contributed by atoms with Crippen molar-refractivity contribution in [2.24, 2.45) is 0 Å². The zero-order chi connectivity index (χ0) is 12.2. The van der Waals surface area contributed by atoms with Gasteiger partial charge in [-0.1, -0.05) is 12.2 Å². The topological polar surface area (TPSA) is 55.4 Å². The monoisotopic (exact) mass is 245 g/mol. The maximum absolute atomic E-state index is 11.8. The third-order valence-electron chi connectivity index (χ3n) is 2.56. The summed E-state index contributed by atoms with van der Waals surface area (Å²) >= 11 is 5.65. The molecule has 0 bridgehead atoms. The number of esters is 1. The van der Waals surface area contributed by atoms with E-state index in [-0.39, 0.29) is 11.8 Å². The molecular formula is C11H16ClNO3. The molecule has 1 saturated heterocycles. The predicted octanol–water partition coefficient (Wildman–Crippen LogP) is 1.38. The molecule has 1 atom stereocenters. The zero-order valence-electron chi connectivity index (χ0n) is 9.35. The van der Waals surface area contributed by atoms with E-state index >= 15 is 0 Å². The van der Waals surface area contributed by atoms with Crippen LogP contribution in [0.3, 0.4) is 0 Å². The lowest BCUT2D eigenvalue weighted by atomic mass is 9.90. The van der Waals surface area contributed by atoms with Crippen molar-refractivity contribution in [3.63, 3.8) is 0 Å². The Labute approximate surface area is 100.0 Å². The molecule has 0 aliphatic carbocycles. The van der Waals surface area contributed by atoms with Crippen LogP contribution in [0.25, 0.3) is 0 Å². The van der Waals surface area contributed by atoms with Crippen LogP contribution >= 0.6 is 11.6 Å². The van der Waals surface area contributed by atoms with E-state index in [1.807, 2.05) is 0 Å². The van der Waals surface area contributed by atoms with E-state index in [9.17, 15) is 9.59 Å². The molecule has 5 heteroatoms. The van der Waals surface area contributed by atoms with E-state index in [0.717, 1.165) is 5.57 Å². The summed E-state index contributed by atoms with van der Waals surface area (Å²) in [5, 5.41) is 2.68. The number of ether oxygens (including phenoxy) is 1. The third-order valence-corrected chi connectivity index (χ3v) is 2.94. The van der Waals surface area contributed by atoms with Crippen molar-refractivity contribution in [2.45, 2.75) is 31.7 Å². The molecule has 16 heavy (non-hydrogen) atoms. The van der Waals surface area contributed by atoms with Gasteiger partial charge >= 0.3 is 5.97 Å². The highest BCUT2D eigenvalue weighted by molar-refractivity contribution is 6.19. The van der Waals surface area contributed by atoms with Gasteiger partial charge in [0.25, 0.3) is 0 Å². The van der Waals surface area contributed by atoms with Gasteiger partial charge in [0.2, 0.25) is 5.91 Å². The average Bonchev–Trinajstić information content (AvgIpc) is 2.61. The molecule has 0 aromatic carbocycles. The Balaban J connectivity index is 2.81. The molecule has 0 unspecified atom stereocenters. The number of halogens is 1. The molecule has 4 nitrogen and oxygen atoms in total. The summed E-state index contributed by atoms with van der Waals surface area (Å²) in [5.41, 5.74) is -0.226. The van der Waals surface area contributed by atoms with E-state index in [1.165, 1.54) is 0 Å². The number of carbonyl (C=O) groups excluding carboxylic acids is 2. The van der Waals surface area contributed by atoms with Gasteiger partial charge in [0.05, 0.1) is 6.61 Å². The Morgan fingerprint density at radius 2 is 2.38 bits per heavy atom.